The van der Waals surface area contributed by atoms with Crippen molar-refractivity contribution in [2.45, 2.75) is 70.6 Å². The summed E-state index contributed by atoms with van der Waals surface area (Å²) in [5.74, 6) is 1.17. The van der Waals surface area contributed by atoms with Gasteiger partial charge in [0, 0.05) is 18.7 Å². The largest absolute Gasteiger partial charge is 0.453 e. The number of H-pyrrole nitrogens is 2. The van der Waals surface area contributed by atoms with Crippen LogP contribution in [0.5, 0.6) is 0 Å². The van der Waals surface area contributed by atoms with Gasteiger partial charge in [0.05, 0.1) is 43.0 Å². The molecule has 2 aromatic heterocycles. The predicted molar refractivity (Wildman–Crippen MR) is 209 cm³/mol. The summed E-state index contributed by atoms with van der Waals surface area (Å²) in [7, 11) is 1.30. The van der Waals surface area contributed by atoms with Gasteiger partial charge in [-0.05, 0) is 78.1 Å². The van der Waals surface area contributed by atoms with Crippen molar-refractivity contribution in [3.05, 3.63) is 96.9 Å². The maximum absolute atomic E-state index is 13.6. The van der Waals surface area contributed by atoms with Crippen molar-refractivity contribution in [2.24, 2.45) is 11.7 Å². The van der Waals surface area contributed by atoms with Crippen LogP contribution >= 0.6 is 0 Å². The number of hydrogen-bond acceptors (Lipinski definition) is 7. The maximum Gasteiger partial charge on any atom is 0.407 e. The summed E-state index contributed by atoms with van der Waals surface area (Å²) >= 11 is 0. The molecular formula is C42H48N8O4. The fourth-order valence-corrected chi connectivity index (χ4v) is 7.64. The number of aromatic nitrogens is 4. The zero-order valence-electron chi connectivity index (χ0n) is 31.3. The Balaban J connectivity index is 1.04. The third kappa shape index (κ3) is 7.25. The molecule has 7 rings (SSSR count). The smallest absolute Gasteiger partial charge is 0.407 e. The first-order valence-corrected chi connectivity index (χ1v) is 18.6. The lowest BCUT2D eigenvalue weighted by atomic mass is 9.98. The van der Waals surface area contributed by atoms with Crippen molar-refractivity contribution in [1.29, 1.82) is 0 Å². The van der Waals surface area contributed by atoms with Crippen LogP contribution in [0, 0.1) is 5.92 Å². The topological polar surface area (TPSA) is 162 Å². The molecule has 5 N–H and O–H groups in total. The van der Waals surface area contributed by atoms with E-state index in [4.69, 9.17) is 15.5 Å². The molecule has 2 aliphatic rings. The van der Waals surface area contributed by atoms with E-state index < -0.39 is 18.2 Å². The molecule has 0 unspecified atom stereocenters. The first-order chi connectivity index (χ1) is 26.0. The maximum atomic E-state index is 13.6. The molecule has 54 heavy (non-hydrogen) atoms. The third-order valence-electron chi connectivity index (χ3n) is 10.8. The molecule has 0 aliphatic carbocycles. The lowest BCUT2D eigenvalue weighted by Crippen LogP contribution is -2.51. The molecule has 2 fully saturated rings. The van der Waals surface area contributed by atoms with Gasteiger partial charge in [-0.2, -0.15) is 0 Å². The van der Waals surface area contributed by atoms with Gasteiger partial charge in [0.15, 0.2) is 0 Å². The van der Waals surface area contributed by atoms with Gasteiger partial charge in [-0.3, -0.25) is 9.59 Å². The number of carbonyl (C=O) groups is 3. The van der Waals surface area contributed by atoms with Crippen LogP contribution in [0.1, 0.15) is 70.2 Å². The van der Waals surface area contributed by atoms with Gasteiger partial charge >= 0.3 is 6.09 Å². The average molecular weight is 729 g/mol. The molecule has 5 aromatic rings. The fraction of sp³-hybridized carbons (Fsp3) is 0.357. The summed E-state index contributed by atoms with van der Waals surface area (Å²) in [6, 6.07) is 19.5. The fourth-order valence-electron chi connectivity index (χ4n) is 7.64. The summed E-state index contributed by atoms with van der Waals surface area (Å²) in [4.78, 5) is 58.4. The van der Waals surface area contributed by atoms with Crippen molar-refractivity contribution < 1.29 is 19.1 Å². The number of imidazole rings is 2. The normalized spacial score (nSPS) is 18.3. The van der Waals surface area contributed by atoms with Crippen LogP contribution < -0.4 is 11.1 Å². The number of fused-ring (bicyclic) bond motifs is 1. The molecule has 0 radical (unpaired) electrons. The van der Waals surface area contributed by atoms with Gasteiger partial charge in [-0.15, -0.1) is 0 Å². The number of likely N-dealkylation sites (tertiary alicyclic amines) is 2. The molecule has 4 atom stereocenters. The molecular weight excluding hydrogens is 681 g/mol. The molecule has 2 saturated heterocycles. The van der Waals surface area contributed by atoms with Crippen molar-refractivity contribution in [3.8, 4) is 33.6 Å². The molecule has 0 saturated carbocycles. The molecule has 4 heterocycles. The number of ether oxygens (including phenoxy) is 1. The molecule has 3 amide bonds. The summed E-state index contributed by atoms with van der Waals surface area (Å²) < 4.78 is 4.76. The third-order valence-corrected chi connectivity index (χ3v) is 10.8. The van der Waals surface area contributed by atoms with E-state index in [-0.39, 0.29) is 29.8 Å². The zero-order valence-corrected chi connectivity index (χ0v) is 31.3. The highest BCUT2D eigenvalue weighted by Gasteiger charge is 2.38. The Morgan fingerprint density at radius 3 is 1.85 bits per heavy atom. The Kier molecular flexibility index (Phi) is 10.4. The van der Waals surface area contributed by atoms with Crippen molar-refractivity contribution in [3.63, 3.8) is 0 Å². The number of nitrogens with two attached hydrogens (primary N) is 1. The first kappa shape index (κ1) is 36.6. The Morgan fingerprint density at radius 1 is 0.796 bits per heavy atom. The average Bonchev–Trinajstić information content (AvgIpc) is 4.02. The number of carbonyl (C=O) groups excluding carboxylic acids is 3. The number of nitrogens with one attached hydrogen (secondary N) is 3. The lowest BCUT2D eigenvalue weighted by Gasteiger charge is -2.30. The molecule has 3 aromatic carbocycles. The molecule has 12 nitrogen and oxygen atoms in total. The first-order valence-electron chi connectivity index (χ1n) is 18.6. The van der Waals surface area contributed by atoms with E-state index in [0.29, 0.717) is 18.7 Å². The number of amides is 3. The van der Waals surface area contributed by atoms with Gasteiger partial charge in [0.1, 0.15) is 23.7 Å². The SMILES string of the molecule is C=C(C)[C@H](N)C(=O)N1CCC[C@H]1c1ncc(-c2ccc(-c3ccc4cc(-c5cnc([C@@H]6CCCN6C(=O)[C@@H](NC(=O)OC)C(C)C)[nH]5)ccc4c3)cc2)[nH]1. The number of rotatable bonds is 10. The highest BCUT2D eigenvalue weighted by atomic mass is 16.5. The van der Waals surface area contributed by atoms with Gasteiger partial charge in [0.2, 0.25) is 11.8 Å². The minimum absolute atomic E-state index is 0.0979. The standard InChI is InChI=1S/C42H48N8O4/c1-24(2)36(43)40(51)49-18-6-8-34(49)38-44-22-32(46-38)27-12-10-26(11-13-27)28-14-15-30-21-31(17-16-29(30)20-28)33-23-45-39(47-33)35-9-7-19-50(35)41(52)37(25(3)4)48-42(53)54-5/h10-17,20-23,25,34-37H,1,6-9,18-19,43H2,2-5H3,(H,44,46)(H,45,47)(H,48,53)/t34-,35-,36-,37-/m0/s1. The molecule has 2 aliphatic heterocycles. The Morgan fingerprint density at radius 2 is 1.30 bits per heavy atom. The minimum Gasteiger partial charge on any atom is -0.453 e. The lowest BCUT2D eigenvalue weighted by molar-refractivity contribution is -0.135. The molecule has 12 heteroatoms. The molecule has 0 spiro atoms. The van der Waals surface area contributed by atoms with Crippen molar-refractivity contribution in [1.82, 2.24) is 35.1 Å². The van der Waals surface area contributed by atoms with E-state index in [1.54, 1.807) is 6.92 Å². The second-order valence-electron chi connectivity index (χ2n) is 14.8. The van der Waals surface area contributed by atoms with Crippen LogP contribution in [0.25, 0.3) is 44.4 Å². The Hall–Kier alpha value is -5.75. The van der Waals surface area contributed by atoms with E-state index in [0.717, 1.165) is 81.7 Å². The number of methoxy groups -OCH3 is 1. The number of nitrogens with zero attached hydrogens (tertiary/aromatic N) is 4. The summed E-state index contributed by atoms with van der Waals surface area (Å²) in [6.07, 6.45) is 6.43. The summed E-state index contributed by atoms with van der Waals surface area (Å²) in [5, 5.41) is 4.92. The van der Waals surface area contributed by atoms with E-state index >= 15 is 0 Å². The van der Waals surface area contributed by atoms with E-state index in [2.05, 4.69) is 87.5 Å². The quantitative estimate of drug-likeness (QED) is 0.114. The van der Waals surface area contributed by atoms with Crippen molar-refractivity contribution in [2.75, 3.05) is 20.2 Å². The summed E-state index contributed by atoms with van der Waals surface area (Å²) in [5.41, 5.74) is 12.8. The van der Waals surface area contributed by atoms with Crippen molar-refractivity contribution >= 4 is 28.7 Å². The van der Waals surface area contributed by atoms with Crippen LogP contribution in [0.15, 0.2) is 85.2 Å². The number of hydrogen-bond donors (Lipinski definition) is 4. The van der Waals surface area contributed by atoms with Gasteiger partial charge in [-0.25, -0.2) is 14.8 Å². The van der Waals surface area contributed by atoms with Gasteiger partial charge in [0.25, 0.3) is 0 Å². The number of alkyl carbamates (subject to hydrolysis) is 1. The summed E-state index contributed by atoms with van der Waals surface area (Å²) in [6.45, 7) is 10.7. The van der Waals surface area contributed by atoms with Crippen LogP contribution in [0.3, 0.4) is 0 Å². The predicted octanol–water partition coefficient (Wildman–Crippen LogP) is 6.90. The second-order valence-corrected chi connectivity index (χ2v) is 14.8. The Bertz CT molecular complexity index is 2190. The number of aromatic amines is 2. The zero-order chi connectivity index (χ0) is 38.1. The van der Waals surface area contributed by atoms with E-state index in [1.807, 2.05) is 36.0 Å². The van der Waals surface area contributed by atoms with Crippen LogP contribution in [0.2, 0.25) is 0 Å². The van der Waals surface area contributed by atoms with Crippen LogP contribution in [-0.4, -0.2) is 79.9 Å². The van der Waals surface area contributed by atoms with Gasteiger partial charge in [-0.1, -0.05) is 74.5 Å². The number of benzene rings is 3. The Labute approximate surface area is 315 Å². The second kappa shape index (κ2) is 15.3. The molecule has 0 bridgehead atoms. The van der Waals surface area contributed by atoms with E-state index in [9.17, 15) is 14.4 Å². The molecule has 280 valence electrons. The highest BCUT2D eigenvalue weighted by Crippen LogP contribution is 2.35. The highest BCUT2D eigenvalue weighted by molar-refractivity contribution is 5.91. The van der Waals surface area contributed by atoms with Crippen LogP contribution in [0.4, 0.5) is 4.79 Å². The van der Waals surface area contributed by atoms with Crippen LogP contribution in [-0.2, 0) is 14.3 Å². The minimum atomic E-state index is -0.703. The van der Waals surface area contributed by atoms with E-state index in [1.165, 1.54) is 7.11 Å². The monoisotopic (exact) mass is 728 g/mol. The van der Waals surface area contributed by atoms with Gasteiger partial charge < -0.3 is 35.6 Å².